The summed E-state index contributed by atoms with van der Waals surface area (Å²) in [5.41, 5.74) is 10.3. The summed E-state index contributed by atoms with van der Waals surface area (Å²) in [6, 6.07) is 3.21. The molecule has 0 aliphatic rings. The standard InChI is InChI=1S/C9H9F2N3/c10-6-3-5(8(13)1-2-12)4-7(11)9(6)14/h3-4,8H,1,13-14H2. The lowest BCUT2D eigenvalue weighted by Crippen LogP contribution is -2.11. The molecule has 0 aliphatic carbocycles. The van der Waals surface area contributed by atoms with Crippen LogP contribution in [0.25, 0.3) is 0 Å². The second-order valence-electron chi connectivity index (χ2n) is 2.87. The molecule has 3 nitrogen and oxygen atoms in total. The number of rotatable bonds is 2. The quantitative estimate of drug-likeness (QED) is 0.704. The molecular formula is C9H9F2N3. The maximum atomic E-state index is 12.9. The van der Waals surface area contributed by atoms with Gasteiger partial charge in [-0.3, -0.25) is 0 Å². The number of nitrogens with two attached hydrogens (primary N) is 2. The Morgan fingerprint density at radius 2 is 1.86 bits per heavy atom. The molecule has 0 saturated carbocycles. The van der Waals surface area contributed by atoms with E-state index in [9.17, 15) is 8.78 Å². The highest BCUT2D eigenvalue weighted by Crippen LogP contribution is 2.21. The first-order valence-electron chi connectivity index (χ1n) is 3.93. The highest BCUT2D eigenvalue weighted by atomic mass is 19.1. The summed E-state index contributed by atoms with van der Waals surface area (Å²) in [7, 11) is 0. The number of nitrogens with zero attached hydrogens (tertiary/aromatic N) is 1. The van der Waals surface area contributed by atoms with Crippen LogP contribution in [0, 0.1) is 23.0 Å². The molecule has 1 aromatic carbocycles. The smallest absolute Gasteiger partial charge is 0.149 e. The maximum Gasteiger partial charge on any atom is 0.149 e. The fraction of sp³-hybridized carbons (Fsp3) is 0.222. The molecule has 0 aliphatic heterocycles. The SMILES string of the molecule is N#CCC(N)c1cc(F)c(N)c(F)c1. The minimum atomic E-state index is -0.853. The lowest BCUT2D eigenvalue weighted by Gasteiger charge is -2.09. The van der Waals surface area contributed by atoms with Crippen molar-refractivity contribution in [3.8, 4) is 6.07 Å². The highest BCUT2D eigenvalue weighted by molar-refractivity contribution is 5.43. The fourth-order valence-corrected chi connectivity index (χ4v) is 1.03. The van der Waals surface area contributed by atoms with Crippen LogP contribution >= 0.6 is 0 Å². The Balaban J connectivity index is 3.07. The van der Waals surface area contributed by atoms with Crippen LogP contribution in [-0.4, -0.2) is 0 Å². The van der Waals surface area contributed by atoms with Gasteiger partial charge in [-0.15, -0.1) is 0 Å². The summed E-state index contributed by atoms with van der Waals surface area (Å²) in [5, 5.41) is 8.35. The van der Waals surface area contributed by atoms with Gasteiger partial charge in [-0.25, -0.2) is 8.78 Å². The van der Waals surface area contributed by atoms with Crippen LogP contribution < -0.4 is 11.5 Å². The summed E-state index contributed by atoms with van der Waals surface area (Å²) in [6.07, 6.45) is 0.00278. The zero-order valence-corrected chi connectivity index (χ0v) is 7.30. The lowest BCUT2D eigenvalue weighted by molar-refractivity contribution is 0.582. The average molecular weight is 197 g/mol. The molecule has 0 saturated heterocycles. The molecule has 0 heterocycles. The van der Waals surface area contributed by atoms with Crippen LogP contribution in [0.15, 0.2) is 12.1 Å². The van der Waals surface area contributed by atoms with Crippen LogP contribution in [0.2, 0.25) is 0 Å². The number of benzene rings is 1. The van der Waals surface area contributed by atoms with Crippen molar-refractivity contribution in [1.82, 2.24) is 0 Å². The van der Waals surface area contributed by atoms with E-state index in [0.717, 1.165) is 12.1 Å². The fourth-order valence-electron chi connectivity index (χ4n) is 1.03. The van der Waals surface area contributed by atoms with Gasteiger partial charge in [0.1, 0.15) is 17.3 Å². The minimum absolute atomic E-state index is 0.00278. The van der Waals surface area contributed by atoms with Crippen molar-refractivity contribution in [2.45, 2.75) is 12.5 Å². The van der Waals surface area contributed by atoms with E-state index >= 15 is 0 Å². The molecular weight excluding hydrogens is 188 g/mol. The molecule has 4 N–H and O–H groups in total. The van der Waals surface area contributed by atoms with E-state index in [1.165, 1.54) is 0 Å². The molecule has 0 fully saturated rings. The molecule has 1 rings (SSSR count). The number of anilines is 1. The van der Waals surface area contributed by atoms with E-state index < -0.39 is 23.4 Å². The maximum absolute atomic E-state index is 12.9. The van der Waals surface area contributed by atoms with Crippen LogP contribution in [0.5, 0.6) is 0 Å². The number of hydrogen-bond acceptors (Lipinski definition) is 3. The Hall–Kier alpha value is -1.67. The molecule has 0 amide bonds. The lowest BCUT2D eigenvalue weighted by atomic mass is 10.0. The molecule has 1 aromatic rings. The third kappa shape index (κ3) is 1.98. The number of nitrogen functional groups attached to an aromatic ring is 1. The van der Waals surface area contributed by atoms with Gasteiger partial charge in [0.25, 0.3) is 0 Å². The van der Waals surface area contributed by atoms with Gasteiger partial charge in [0.2, 0.25) is 0 Å². The van der Waals surface area contributed by atoms with Crippen LogP contribution in [0.4, 0.5) is 14.5 Å². The predicted octanol–water partition coefficient (Wildman–Crippen LogP) is 1.46. The summed E-state index contributed by atoms with van der Waals surface area (Å²) in [4.78, 5) is 0. The first-order chi connectivity index (χ1) is 6.56. The van der Waals surface area contributed by atoms with Gasteiger partial charge < -0.3 is 11.5 Å². The van der Waals surface area contributed by atoms with Gasteiger partial charge in [-0.05, 0) is 17.7 Å². The Morgan fingerprint density at radius 1 is 1.36 bits per heavy atom. The molecule has 0 aromatic heterocycles. The first kappa shape index (κ1) is 10.4. The number of halogens is 2. The van der Waals surface area contributed by atoms with Crippen LogP contribution in [0.3, 0.4) is 0 Å². The Morgan fingerprint density at radius 3 is 2.29 bits per heavy atom. The summed E-state index contributed by atoms with van der Waals surface area (Å²) >= 11 is 0. The van der Waals surface area contributed by atoms with Crippen molar-refractivity contribution in [2.24, 2.45) is 5.73 Å². The van der Waals surface area contributed by atoms with Crippen molar-refractivity contribution in [1.29, 1.82) is 5.26 Å². The van der Waals surface area contributed by atoms with Crippen molar-refractivity contribution in [3.05, 3.63) is 29.3 Å². The average Bonchev–Trinajstić information content (AvgIpc) is 2.13. The minimum Gasteiger partial charge on any atom is -0.394 e. The van der Waals surface area contributed by atoms with Crippen LogP contribution in [-0.2, 0) is 0 Å². The molecule has 0 radical (unpaired) electrons. The van der Waals surface area contributed by atoms with Gasteiger partial charge in [0, 0.05) is 6.04 Å². The summed E-state index contributed by atoms with van der Waals surface area (Å²) < 4.78 is 25.9. The van der Waals surface area contributed by atoms with E-state index in [1.807, 2.05) is 6.07 Å². The van der Waals surface area contributed by atoms with Crippen LogP contribution in [0.1, 0.15) is 18.0 Å². The van der Waals surface area contributed by atoms with Gasteiger partial charge >= 0.3 is 0 Å². The van der Waals surface area contributed by atoms with E-state index in [2.05, 4.69) is 0 Å². The Bertz CT molecular complexity index is 361. The number of nitriles is 1. The van der Waals surface area contributed by atoms with Gasteiger partial charge in [-0.2, -0.15) is 5.26 Å². The van der Waals surface area contributed by atoms with E-state index in [0.29, 0.717) is 0 Å². The summed E-state index contributed by atoms with van der Waals surface area (Å²) in [5.74, 6) is -1.71. The molecule has 5 heteroatoms. The van der Waals surface area contributed by atoms with E-state index in [4.69, 9.17) is 16.7 Å². The second kappa shape index (κ2) is 4.03. The van der Waals surface area contributed by atoms with Crippen molar-refractivity contribution >= 4 is 5.69 Å². The monoisotopic (exact) mass is 197 g/mol. The number of hydrogen-bond donors (Lipinski definition) is 2. The Labute approximate surface area is 79.9 Å². The normalized spacial score (nSPS) is 12.1. The van der Waals surface area contributed by atoms with Gasteiger partial charge in [0.15, 0.2) is 0 Å². The van der Waals surface area contributed by atoms with E-state index in [-0.39, 0.29) is 12.0 Å². The molecule has 0 spiro atoms. The zero-order chi connectivity index (χ0) is 10.7. The second-order valence-corrected chi connectivity index (χ2v) is 2.87. The highest BCUT2D eigenvalue weighted by Gasteiger charge is 2.12. The molecule has 1 atom stereocenters. The third-order valence-corrected chi connectivity index (χ3v) is 1.84. The third-order valence-electron chi connectivity index (χ3n) is 1.84. The van der Waals surface area contributed by atoms with E-state index in [1.54, 1.807) is 0 Å². The largest absolute Gasteiger partial charge is 0.394 e. The van der Waals surface area contributed by atoms with Crippen molar-refractivity contribution in [3.63, 3.8) is 0 Å². The van der Waals surface area contributed by atoms with Gasteiger partial charge in [-0.1, -0.05) is 0 Å². The topological polar surface area (TPSA) is 75.8 Å². The zero-order valence-electron chi connectivity index (χ0n) is 7.30. The predicted molar refractivity (Wildman–Crippen MR) is 47.9 cm³/mol. The Kier molecular flexibility index (Phi) is 2.99. The molecule has 74 valence electrons. The first-order valence-corrected chi connectivity index (χ1v) is 3.93. The summed E-state index contributed by atoms with van der Waals surface area (Å²) in [6.45, 7) is 0. The van der Waals surface area contributed by atoms with Crippen molar-refractivity contribution < 1.29 is 8.78 Å². The molecule has 14 heavy (non-hydrogen) atoms. The molecule has 1 unspecified atom stereocenters. The van der Waals surface area contributed by atoms with Gasteiger partial charge in [0.05, 0.1) is 12.5 Å². The van der Waals surface area contributed by atoms with Crippen molar-refractivity contribution in [2.75, 3.05) is 5.73 Å². The molecule has 0 bridgehead atoms.